The highest BCUT2D eigenvalue weighted by atomic mass is 32.2. The van der Waals surface area contributed by atoms with Gasteiger partial charge in [-0.25, -0.2) is 0 Å². The molecular formula is C14H21N5OS2. The van der Waals surface area contributed by atoms with Gasteiger partial charge in [0.2, 0.25) is 11.0 Å². The fourth-order valence-electron chi connectivity index (χ4n) is 1.35. The van der Waals surface area contributed by atoms with E-state index in [4.69, 9.17) is 0 Å². The van der Waals surface area contributed by atoms with Crippen molar-refractivity contribution in [3.05, 3.63) is 12.7 Å². The highest BCUT2D eigenvalue weighted by Gasteiger charge is 2.32. The van der Waals surface area contributed by atoms with Crippen LogP contribution in [0, 0.1) is 17.2 Å². The molecule has 0 aliphatic rings. The van der Waals surface area contributed by atoms with Gasteiger partial charge in [-0.15, -0.1) is 16.8 Å². The number of nitrogens with zero attached hydrogens (tertiary/aromatic N) is 3. The summed E-state index contributed by atoms with van der Waals surface area (Å²) in [6.45, 7) is 11.6. The van der Waals surface area contributed by atoms with Gasteiger partial charge in [-0.3, -0.25) is 4.79 Å². The lowest BCUT2D eigenvalue weighted by molar-refractivity contribution is -0.121. The molecule has 0 radical (unpaired) electrons. The highest BCUT2D eigenvalue weighted by Crippen LogP contribution is 2.29. The number of thioether (sulfide) groups is 1. The zero-order chi connectivity index (χ0) is 16.8. The number of hydrogen-bond donors (Lipinski definition) is 2. The number of amides is 1. The van der Waals surface area contributed by atoms with Crippen molar-refractivity contribution in [3.8, 4) is 6.07 Å². The number of aromatic nitrogens is 2. The van der Waals surface area contributed by atoms with E-state index in [1.54, 1.807) is 19.9 Å². The summed E-state index contributed by atoms with van der Waals surface area (Å²) < 4.78 is 0.706. The number of carbonyl (C=O) groups is 1. The highest BCUT2D eigenvalue weighted by molar-refractivity contribution is 8.02. The lowest BCUT2D eigenvalue weighted by atomic mass is 9.90. The number of nitriles is 1. The molecule has 0 aromatic carbocycles. The van der Waals surface area contributed by atoms with Crippen molar-refractivity contribution in [1.82, 2.24) is 15.5 Å². The molecule has 1 amide bonds. The van der Waals surface area contributed by atoms with Crippen molar-refractivity contribution < 1.29 is 4.79 Å². The second kappa shape index (κ2) is 8.15. The van der Waals surface area contributed by atoms with E-state index in [9.17, 15) is 10.1 Å². The first-order valence-corrected chi connectivity index (χ1v) is 8.60. The first-order valence-electron chi connectivity index (χ1n) is 6.90. The minimum Gasteiger partial charge on any atom is -0.357 e. The lowest BCUT2D eigenvalue weighted by Gasteiger charge is -2.28. The zero-order valence-corrected chi connectivity index (χ0v) is 14.8. The van der Waals surface area contributed by atoms with Crippen LogP contribution in [0.3, 0.4) is 0 Å². The number of hydrogen-bond acceptors (Lipinski definition) is 7. The van der Waals surface area contributed by atoms with E-state index < -0.39 is 5.54 Å². The molecule has 2 N–H and O–H groups in total. The predicted molar refractivity (Wildman–Crippen MR) is 90.9 cm³/mol. The summed E-state index contributed by atoms with van der Waals surface area (Å²) in [6, 6.07) is 2.17. The summed E-state index contributed by atoms with van der Waals surface area (Å²) in [7, 11) is 0. The van der Waals surface area contributed by atoms with Crippen LogP contribution in [-0.2, 0) is 4.79 Å². The lowest BCUT2D eigenvalue weighted by Crippen LogP contribution is -2.51. The summed E-state index contributed by atoms with van der Waals surface area (Å²) in [6.07, 6.45) is 1.74. The molecule has 0 saturated carbocycles. The zero-order valence-electron chi connectivity index (χ0n) is 13.2. The molecule has 1 heterocycles. The van der Waals surface area contributed by atoms with Crippen LogP contribution < -0.4 is 10.6 Å². The molecule has 0 fully saturated rings. The monoisotopic (exact) mass is 339 g/mol. The molecule has 1 aromatic heterocycles. The maximum Gasteiger partial charge on any atom is 0.234 e. The normalized spacial score (nSPS) is 14.7. The maximum absolute atomic E-state index is 12.2. The van der Waals surface area contributed by atoms with Gasteiger partial charge in [-0.1, -0.05) is 43.0 Å². The average molecular weight is 339 g/mol. The van der Waals surface area contributed by atoms with Crippen molar-refractivity contribution in [2.75, 3.05) is 11.9 Å². The van der Waals surface area contributed by atoms with Crippen LogP contribution in [0.5, 0.6) is 0 Å². The largest absolute Gasteiger partial charge is 0.357 e. The van der Waals surface area contributed by atoms with Gasteiger partial charge in [0, 0.05) is 6.54 Å². The molecule has 2 atom stereocenters. The first-order chi connectivity index (χ1) is 10.3. The molecule has 0 aliphatic heterocycles. The molecule has 120 valence electrons. The minimum atomic E-state index is -0.871. The standard InChI is InChI=1S/C14H21N5OS2/c1-6-7-16-12-18-19-13(22-12)21-10(4)11(20)17-14(5,8-15)9(2)3/h6,9-10H,1,7H2,2-5H3,(H,16,18)(H,17,20). The van der Waals surface area contributed by atoms with E-state index in [0.29, 0.717) is 16.0 Å². The average Bonchev–Trinajstić information content (AvgIpc) is 2.92. The quantitative estimate of drug-likeness (QED) is 0.559. The molecule has 0 aliphatic carbocycles. The Morgan fingerprint density at radius 2 is 2.23 bits per heavy atom. The summed E-state index contributed by atoms with van der Waals surface area (Å²) in [5.74, 6) is -0.159. The van der Waals surface area contributed by atoms with Crippen molar-refractivity contribution in [1.29, 1.82) is 5.26 Å². The van der Waals surface area contributed by atoms with Crippen LogP contribution in [0.15, 0.2) is 17.0 Å². The summed E-state index contributed by atoms with van der Waals surface area (Å²) in [4.78, 5) is 12.2. The van der Waals surface area contributed by atoms with E-state index >= 15 is 0 Å². The fourth-order valence-corrected chi connectivity index (χ4v) is 3.25. The molecule has 1 rings (SSSR count). The maximum atomic E-state index is 12.2. The third kappa shape index (κ3) is 5.00. The Morgan fingerprint density at radius 3 is 2.77 bits per heavy atom. The van der Waals surface area contributed by atoms with Gasteiger partial charge in [0.05, 0.1) is 11.3 Å². The SMILES string of the molecule is C=CCNc1nnc(SC(C)C(=O)NC(C)(C#N)C(C)C)s1. The number of nitrogens with one attached hydrogen (secondary N) is 2. The summed E-state index contributed by atoms with van der Waals surface area (Å²) in [5.41, 5.74) is -0.871. The third-order valence-corrected chi connectivity index (χ3v) is 5.29. The van der Waals surface area contributed by atoms with Crippen molar-refractivity contribution in [2.45, 2.75) is 42.8 Å². The topological polar surface area (TPSA) is 90.7 Å². The van der Waals surface area contributed by atoms with Gasteiger partial charge < -0.3 is 10.6 Å². The number of carbonyl (C=O) groups excluding carboxylic acids is 1. The predicted octanol–water partition coefficient (Wildman–Crippen LogP) is 2.67. The summed E-state index contributed by atoms with van der Waals surface area (Å²) >= 11 is 2.71. The minimum absolute atomic E-state index is 0.0230. The van der Waals surface area contributed by atoms with Crippen LogP contribution in [0.25, 0.3) is 0 Å². The Balaban J connectivity index is 2.63. The van der Waals surface area contributed by atoms with Crippen molar-refractivity contribution in [3.63, 3.8) is 0 Å². The van der Waals surface area contributed by atoms with Gasteiger partial charge in [-0.05, 0) is 19.8 Å². The van der Waals surface area contributed by atoms with Gasteiger partial charge in [0.1, 0.15) is 5.54 Å². The van der Waals surface area contributed by atoms with Crippen LogP contribution in [0.2, 0.25) is 0 Å². The smallest absolute Gasteiger partial charge is 0.234 e. The molecule has 0 spiro atoms. The van der Waals surface area contributed by atoms with E-state index in [-0.39, 0.29) is 17.1 Å². The Hall–Kier alpha value is -1.59. The fraction of sp³-hybridized carbons (Fsp3) is 0.571. The van der Waals surface area contributed by atoms with Crippen molar-refractivity contribution in [2.24, 2.45) is 5.92 Å². The van der Waals surface area contributed by atoms with E-state index in [1.807, 2.05) is 13.8 Å². The van der Waals surface area contributed by atoms with Crippen LogP contribution in [0.4, 0.5) is 5.13 Å². The van der Waals surface area contributed by atoms with E-state index in [1.165, 1.54) is 23.1 Å². The van der Waals surface area contributed by atoms with Crippen LogP contribution in [-0.4, -0.2) is 33.4 Å². The Bertz CT molecular complexity index is 566. The Morgan fingerprint density at radius 1 is 1.55 bits per heavy atom. The van der Waals surface area contributed by atoms with Crippen molar-refractivity contribution >= 4 is 34.1 Å². The van der Waals surface area contributed by atoms with E-state index in [2.05, 4.69) is 33.5 Å². The number of anilines is 1. The molecule has 0 saturated heterocycles. The Kier molecular flexibility index (Phi) is 6.84. The van der Waals surface area contributed by atoms with Gasteiger partial charge >= 0.3 is 0 Å². The molecular weight excluding hydrogens is 318 g/mol. The van der Waals surface area contributed by atoms with Crippen LogP contribution >= 0.6 is 23.1 Å². The molecule has 6 nitrogen and oxygen atoms in total. The van der Waals surface area contributed by atoms with Crippen LogP contribution in [0.1, 0.15) is 27.7 Å². The van der Waals surface area contributed by atoms with Gasteiger partial charge in [-0.2, -0.15) is 5.26 Å². The molecule has 8 heteroatoms. The second-order valence-electron chi connectivity index (χ2n) is 5.26. The van der Waals surface area contributed by atoms with E-state index in [0.717, 1.165) is 0 Å². The first kappa shape index (κ1) is 18.5. The van der Waals surface area contributed by atoms with Gasteiger partial charge in [0.25, 0.3) is 0 Å². The molecule has 2 unspecified atom stereocenters. The Labute approximate surface area is 139 Å². The number of rotatable bonds is 8. The third-order valence-electron chi connectivity index (χ3n) is 3.22. The van der Waals surface area contributed by atoms with Gasteiger partial charge in [0.15, 0.2) is 4.34 Å². The summed E-state index contributed by atoms with van der Waals surface area (Å²) in [5, 5.41) is 23.5. The molecule has 22 heavy (non-hydrogen) atoms. The molecule has 1 aromatic rings. The second-order valence-corrected chi connectivity index (χ2v) is 7.83. The molecule has 0 bridgehead atoms.